The smallest absolute Gasteiger partial charge is 0.237 e. The molecule has 1 aromatic carbocycles. The van der Waals surface area contributed by atoms with Gasteiger partial charge in [0, 0.05) is 3.57 Å². The Labute approximate surface area is 102 Å². The molecule has 0 aliphatic heterocycles. The maximum atomic E-state index is 11.6. The average molecular weight is 321 g/mol. The molecule has 0 aliphatic carbocycles. The molecule has 1 aromatic rings. The molecule has 1 atom stereocenters. The van der Waals surface area contributed by atoms with Gasteiger partial charge in [-0.25, -0.2) is 0 Å². The predicted octanol–water partition coefficient (Wildman–Crippen LogP) is 2.98. The largest absolute Gasteiger partial charge is 0.324 e. The van der Waals surface area contributed by atoms with E-state index >= 15 is 0 Å². The van der Waals surface area contributed by atoms with Crippen molar-refractivity contribution < 1.29 is 4.79 Å². The molecule has 1 N–H and O–H groups in total. The van der Waals surface area contributed by atoms with Crippen LogP contribution in [0.25, 0.3) is 0 Å². The van der Waals surface area contributed by atoms with Crippen molar-refractivity contribution in [3.63, 3.8) is 0 Å². The SMILES string of the molecule is CSC(C)C(=O)Nc1ccccc1I. The molecule has 0 bridgehead atoms. The van der Waals surface area contributed by atoms with Crippen molar-refractivity contribution >= 4 is 45.9 Å². The Morgan fingerprint density at radius 3 is 2.71 bits per heavy atom. The second-order valence-corrected chi connectivity index (χ2v) is 5.19. The Morgan fingerprint density at radius 1 is 1.50 bits per heavy atom. The molecule has 14 heavy (non-hydrogen) atoms. The fraction of sp³-hybridized carbons (Fsp3) is 0.300. The standard InChI is InChI=1S/C10H12INOS/c1-7(14-2)10(13)12-9-6-4-3-5-8(9)11/h3-7H,1-2H3,(H,12,13). The third-order valence-electron chi connectivity index (χ3n) is 1.85. The molecule has 2 nitrogen and oxygen atoms in total. The van der Waals surface area contributed by atoms with Crippen LogP contribution in [0, 0.1) is 3.57 Å². The van der Waals surface area contributed by atoms with Crippen LogP contribution in [0.5, 0.6) is 0 Å². The van der Waals surface area contributed by atoms with Crippen molar-refractivity contribution in [2.75, 3.05) is 11.6 Å². The lowest BCUT2D eigenvalue weighted by Crippen LogP contribution is -2.22. The zero-order valence-electron chi connectivity index (χ0n) is 8.08. The van der Waals surface area contributed by atoms with E-state index in [-0.39, 0.29) is 11.2 Å². The Balaban J connectivity index is 2.70. The van der Waals surface area contributed by atoms with E-state index in [1.807, 2.05) is 37.4 Å². The van der Waals surface area contributed by atoms with Gasteiger partial charge >= 0.3 is 0 Å². The maximum absolute atomic E-state index is 11.6. The highest BCUT2D eigenvalue weighted by molar-refractivity contribution is 14.1. The minimum atomic E-state index is -0.00833. The van der Waals surface area contributed by atoms with Gasteiger partial charge in [-0.3, -0.25) is 4.79 Å². The van der Waals surface area contributed by atoms with E-state index in [0.29, 0.717) is 0 Å². The van der Waals surface area contributed by atoms with Crippen molar-refractivity contribution in [2.24, 2.45) is 0 Å². The molecule has 0 aliphatic rings. The van der Waals surface area contributed by atoms with E-state index < -0.39 is 0 Å². The predicted molar refractivity (Wildman–Crippen MR) is 70.8 cm³/mol. The summed E-state index contributed by atoms with van der Waals surface area (Å²) in [6.07, 6.45) is 1.93. The number of benzene rings is 1. The number of hydrogen-bond acceptors (Lipinski definition) is 2. The summed E-state index contributed by atoms with van der Waals surface area (Å²) in [5, 5.41) is 2.89. The van der Waals surface area contributed by atoms with Gasteiger partial charge in [-0.15, -0.1) is 0 Å². The molecule has 1 unspecified atom stereocenters. The lowest BCUT2D eigenvalue weighted by molar-refractivity contribution is -0.115. The summed E-state index contributed by atoms with van der Waals surface area (Å²) in [6.45, 7) is 1.90. The molecule has 1 rings (SSSR count). The van der Waals surface area contributed by atoms with Gasteiger partial charge in [-0.05, 0) is 47.9 Å². The Morgan fingerprint density at radius 2 is 2.14 bits per heavy atom. The van der Waals surface area contributed by atoms with Crippen LogP contribution in [0.2, 0.25) is 0 Å². The first-order valence-electron chi connectivity index (χ1n) is 4.23. The van der Waals surface area contributed by atoms with Crippen molar-refractivity contribution in [2.45, 2.75) is 12.2 Å². The lowest BCUT2D eigenvalue weighted by Gasteiger charge is -2.10. The number of halogens is 1. The van der Waals surface area contributed by atoms with Crippen LogP contribution in [-0.2, 0) is 4.79 Å². The van der Waals surface area contributed by atoms with E-state index in [4.69, 9.17) is 0 Å². The number of para-hydroxylation sites is 1. The van der Waals surface area contributed by atoms with E-state index in [1.165, 1.54) is 0 Å². The van der Waals surface area contributed by atoms with Crippen LogP contribution in [0.1, 0.15) is 6.92 Å². The van der Waals surface area contributed by atoms with Crippen molar-refractivity contribution in [1.29, 1.82) is 0 Å². The zero-order valence-corrected chi connectivity index (χ0v) is 11.1. The number of anilines is 1. The zero-order chi connectivity index (χ0) is 10.6. The third kappa shape index (κ3) is 3.16. The molecule has 1 amide bonds. The van der Waals surface area contributed by atoms with Crippen LogP contribution in [-0.4, -0.2) is 17.4 Å². The van der Waals surface area contributed by atoms with Crippen molar-refractivity contribution in [1.82, 2.24) is 0 Å². The fourth-order valence-electron chi connectivity index (χ4n) is 0.904. The third-order valence-corrected chi connectivity index (χ3v) is 3.72. The first kappa shape index (κ1) is 11.8. The van der Waals surface area contributed by atoms with Crippen LogP contribution in [0.3, 0.4) is 0 Å². The van der Waals surface area contributed by atoms with Crippen LogP contribution >= 0.6 is 34.4 Å². The second-order valence-electron chi connectivity index (χ2n) is 2.85. The summed E-state index contributed by atoms with van der Waals surface area (Å²) in [6, 6.07) is 7.75. The van der Waals surface area contributed by atoms with Gasteiger partial charge in [-0.1, -0.05) is 12.1 Å². The lowest BCUT2D eigenvalue weighted by atomic mass is 10.3. The molecule has 4 heteroatoms. The first-order chi connectivity index (χ1) is 6.65. The molecule has 0 fully saturated rings. The topological polar surface area (TPSA) is 29.1 Å². The Hall–Kier alpha value is -0.230. The first-order valence-corrected chi connectivity index (χ1v) is 6.60. The molecular weight excluding hydrogens is 309 g/mol. The Kier molecular flexibility index (Phi) is 4.74. The number of thioether (sulfide) groups is 1. The monoisotopic (exact) mass is 321 g/mol. The minimum absolute atomic E-state index is 0.00833. The highest BCUT2D eigenvalue weighted by Crippen LogP contribution is 2.18. The van der Waals surface area contributed by atoms with Gasteiger partial charge in [0.05, 0.1) is 10.9 Å². The van der Waals surface area contributed by atoms with Gasteiger partial charge in [0.2, 0.25) is 5.91 Å². The average Bonchev–Trinajstić information content (AvgIpc) is 2.20. The maximum Gasteiger partial charge on any atom is 0.237 e. The summed E-state index contributed by atoms with van der Waals surface area (Å²) in [5.74, 6) is 0.0571. The van der Waals surface area contributed by atoms with E-state index in [9.17, 15) is 4.79 Å². The quantitative estimate of drug-likeness (QED) is 0.867. The normalized spacial score (nSPS) is 12.2. The summed E-state index contributed by atoms with van der Waals surface area (Å²) >= 11 is 3.75. The van der Waals surface area contributed by atoms with Gasteiger partial charge in [0.25, 0.3) is 0 Å². The molecule has 0 spiro atoms. The summed E-state index contributed by atoms with van der Waals surface area (Å²) < 4.78 is 1.06. The van der Waals surface area contributed by atoms with Gasteiger partial charge in [0.15, 0.2) is 0 Å². The number of amides is 1. The molecule has 0 aromatic heterocycles. The number of rotatable bonds is 3. The number of nitrogens with one attached hydrogen (secondary N) is 1. The highest BCUT2D eigenvalue weighted by Gasteiger charge is 2.11. The molecular formula is C10H12INOS. The van der Waals surface area contributed by atoms with E-state index in [0.717, 1.165) is 9.26 Å². The molecule has 0 saturated carbocycles. The van der Waals surface area contributed by atoms with E-state index in [2.05, 4.69) is 27.9 Å². The van der Waals surface area contributed by atoms with Crippen LogP contribution < -0.4 is 5.32 Å². The van der Waals surface area contributed by atoms with Gasteiger partial charge in [0.1, 0.15) is 0 Å². The molecule has 0 radical (unpaired) electrons. The molecule has 76 valence electrons. The van der Waals surface area contributed by atoms with E-state index in [1.54, 1.807) is 11.8 Å². The Bertz CT molecular complexity index is 330. The van der Waals surface area contributed by atoms with Crippen molar-refractivity contribution in [3.05, 3.63) is 27.8 Å². The summed E-state index contributed by atoms with van der Waals surface area (Å²) in [4.78, 5) is 11.6. The number of hydrogen-bond donors (Lipinski definition) is 1. The van der Waals surface area contributed by atoms with Crippen molar-refractivity contribution in [3.8, 4) is 0 Å². The van der Waals surface area contributed by atoms with Crippen LogP contribution in [0.15, 0.2) is 24.3 Å². The minimum Gasteiger partial charge on any atom is -0.324 e. The second kappa shape index (κ2) is 5.60. The van der Waals surface area contributed by atoms with Gasteiger partial charge in [-0.2, -0.15) is 11.8 Å². The highest BCUT2D eigenvalue weighted by atomic mass is 127. The molecule has 0 heterocycles. The summed E-state index contributed by atoms with van der Waals surface area (Å²) in [5.41, 5.74) is 0.888. The number of carbonyl (C=O) groups is 1. The van der Waals surface area contributed by atoms with Crippen LogP contribution in [0.4, 0.5) is 5.69 Å². The molecule has 0 saturated heterocycles. The van der Waals surface area contributed by atoms with Gasteiger partial charge < -0.3 is 5.32 Å². The number of carbonyl (C=O) groups excluding carboxylic acids is 1. The summed E-state index contributed by atoms with van der Waals surface area (Å²) in [7, 11) is 0. The fourth-order valence-corrected chi connectivity index (χ4v) is 1.70.